The molecule has 0 bridgehead atoms. The number of nitrogens with zero attached hydrogens (tertiary/aromatic N) is 2. The predicted molar refractivity (Wildman–Crippen MR) is 434 cm³/mol. The second-order valence-corrected chi connectivity index (χ2v) is 25.4. The van der Waals surface area contributed by atoms with E-state index in [0.29, 0.717) is 98.1 Å². The monoisotopic (exact) mass is 1500 g/mol. The minimum absolute atomic E-state index is 0.199. The number of esters is 7. The van der Waals surface area contributed by atoms with E-state index in [1.807, 2.05) is 60.7 Å². The van der Waals surface area contributed by atoms with E-state index in [0.717, 1.165) is 75.6 Å². The molecule has 0 aliphatic carbocycles. The predicted octanol–water partition coefficient (Wildman–Crippen LogP) is 21.5. The van der Waals surface area contributed by atoms with Gasteiger partial charge in [0.2, 0.25) is 0 Å². The molecule has 0 spiro atoms. The number of rotatable bonds is 33. The van der Waals surface area contributed by atoms with E-state index >= 15 is 0 Å². The fourth-order valence-corrected chi connectivity index (χ4v) is 9.38. The van der Waals surface area contributed by atoms with Crippen LogP contribution in [0.2, 0.25) is 0 Å². The summed E-state index contributed by atoms with van der Waals surface area (Å²) >= 11 is 0. The second kappa shape index (κ2) is 45.3. The average molecular weight is 1500 g/mol. The zero-order chi connectivity index (χ0) is 80.8. The molecular weight excluding hydrogens is 1410 g/mol. The van der Waals surface area contributed by atoms with Crippen LogP contribution in [-0.4, -0.2) is 67.4 Å². The van der Waals surface area contributed by atoms with Crippen molar-refractivity contribution in [3.63, 3.8) is 0 Å². The largest absolute Gasteiger partial charge is 0.494 e. The molecule has 19 nitrogen and oxygen atoms in total. The zero-order valence-electron chi connectivity index (χ0n) is 63.8. The van der Waals surface area contributed by atoms with Crippen LogP contribution in [-0.2, 0) is 38.3 Å². The third kappa shape index (κ3) is 30.8. The van der Waals surface area contributed by atoms with Crippen LogP contribution in [0.25, 0.3) is 38.7 Å². The van der Waals surface area contributed by atoms with Gasteiger partial charge in [0, 0.05) is 45.1 Å². The maximum Gasteiger partial charge on any atom is 0.338 e. The van der Waals surface area contributed by atoms with E-state index in [9.17, 15) is 38.4 Å². The van der Waals surface area contributed by atoms with Crippen LogP contribution in [0.4, 0.5) is 11.4 Å². The first-order valence-corrected chi connectivity index (χ1v) is 35.7. The number of carbonyl (C=O) groups is 8. The molecule has 0 saturated carbocycles. The van der Waals surface area contributed by atoms with Crippen molar-refractivity contribution >= 4 is 86.6 Å². The molecule has 19 heteroatoms. The third-order valence-electron chi connectivity index (χ3n) is 15.6. The van der Waals surface area contributed by atoms with E-state index in [2.05, 4.69) is 87.5 Å². The highest BCUT2D eigenvalue weighted by molar-refractivity contribution is 6.09. The molecule has 0 radical (unpaired) electrons. The SMILES string of the molecule is C=C(C)C(=O)Oc1ccc(/C=C/C(=O)c2ccc(OC(=O)C(=C)C)cc2)cc1.C=C(C)C(=O)Oc1ccc(N=Nc2ccc(OC(=O)C(=C)C)cc2)cc1.C=C(C)C(=O)Oc1ccc2c(ccc3cc(OC(=O)C(=C)C)ccc32)c1.C=CC(=O)OCCCCOc1ccc(-c2ccc(OCCCCCCCC)cc2)cc1. The Kier molecular flexibility index (Phi) is 35.3. The molecule has 0 atom stereocenters. The standard InChI is InChI=1S/C27H36O4.C23H20O5.C22H18O4.C20H18N2O4/c1-3-5-6-7-8-9-20-29-25-16-12-23(13-17-25)24-14-18-26(19-15-24)30-21-10-11-22-31-27(28)4-2;1-15(2)22(25)27-19-10-5-17(6-11-19)7-14-21(24)18-8-12-20(13-9-18)28-23(26)16(3)4;1-13(2)21(23)25-17-7-9-19-15(11-17)5-6-16-12-18(8-10-20(16)19)26-22(24)14(3)4;1-13(2)19(23)25-17-9-5-15(6-10-17)21-22-16-7-11-18(12-8-16)26-20(24)14(3)4/h4,12-19H,2-3,5-11,20-22H2,1H3;5-14H,1,3H2,2,4H3;2*5-12H,1,3H2,2,4H3/b;14-7+;;. The Bertz CT molecular complexity index is 4710. The van der Waals surface area contributed by atoms with Crippen molar-refractivity contribution in [3.05, 3.63) is 297 Å². The van der Waals surface area contributed by atoms with Crippen molar-refractivity contribution in [1.29, 1.82) is 0 Å². The number of hydrogen-bond acceptors (Lipinski definition) is 19. The van der Waals surface area contributed by atoms with Gasteiger partial charge >= 0.3 is 41.8 Å². The van der Waals surface area contributed by atoms with E-state index in [-0.39, 0.29) is 11.8 Å². The van der Waals surface area contributed by atoms with Gasteiger partial charge in [-0.05, 0) is 239 Å². The molecule has 9 aromatic carbocycles. The quantitative estimate of drug-likeness (QED) is 0.00706. The van der Waals surface area contributed by atoms with Gasteiger partial charge < -0.3 is 42.6 Å². The minimum atomic E-state index is -0.517. The number of azo groups is 1. The fraction of sp³-hybridized carbons (Fsp3) is 0.196. The summed E-state index contributed by atoms with van der Waals surface area (Å²) in [5, 5.41) is 12.1. The lowest BCUT2D eigenvalue weighted by Gasteiger charge is -2.09. The van der Waals surface area contributed by atoms with Gasteiger partial charge in [0.15, 0.2) is 5.78 Å². The molecule has 572 valence electrons. The highest BCUT2D eigenvalue weighted by Gasteiger charge is 2.14. The summed E-state index contributed by atoms with van der Waals surface area (Å²) < 4.78 is 47.5. The first kappa shape index (κ1) is 86.5. The van der Waals surface area contributed by atoms with E-state index in [1.165, 1.54) is 44.3 Å². The normalized spacial score (nSPS) is 10.4. The van der Waals surface area contributed by atoms with Crippen LogP contribution in [0.5, 0.6) is 46.0 Å². The van der Waals surface area contributed by atoms with E-state index in [1.54, 1.807) is 157 Å². The number of unbranched alkanes of at least 4 members (excludes halogenated alkanes) is 6. The molecule has 9 aromatic rings. The Hall–Kier alpha value is -13.4. The number of ether oxygens (including phenoxy) is 9. The lowest BCUT2D eigenvalue weighted by Crippen LogP contribution is -2.08. The Morgan fingerprint density at radius 1 is 0.342 bits per heavy atom. The Morgan fingerprint density at radius 3 is 1.01 bits per heavy atom. The molecule has 0 fully saturated rings. The van der Waals surface area contributed by atoms with Crippen LogP contribution >= 0.6 is 0 Å². The van der Waals surface area contributed by atoms with Crippen LogP contribution < -0.4 is 37.9 Å². The topological polar surface area (TPSA) is 244 Å². The van der Waals surface area contributed by atoms with Crippen molar-refractivity contribution in [2.75, 3.05) is 19.8 Å². The van der Waals surface area contributed by atoms with Crippen molar-refractivity contribution in [2.45, 2.75) is 99.8 Å². The van der Waals surface area contributed by atoms with Crippen LogP contribution in [0, 0.1) is 0 Å². The van der Waals surface area contributed by atoms with Gasteiger partial charge in [-0.2, -0.15) is 10.2 Å². The molecule has 0 saturated heterocycles. The van der Waals surface area contributed by atoms with Crippen LogP contribution in [0.15, 0.2) is 296 Å². The average Bonchev–Trinajstić information content (AvgIpc) is 0.780. The van der Waals surface area contributed by atoms with Crippen LogP contribution in [0.1, 0.15) is 116 Å². The summed E-state index contributed by atoms with van der Waals surface area (Å²) in [6, 6.07) is 57.3. The van der Waals surface area contributed by atoms with Gasteiger partial charge in [0.25, 0.3) is 0 Å². The van der Waals surface area contributed by atoms with Crippen molar-refractivity contribution in [2.24, 2.45) is 10.2 Å². The molecule has 9 rings (SSSR count). The van der Waals surface area contributed by atoms with Gasteiger partial charge in [0.1, 0.15) is 46.0 Å². The van der Waals surface area contributed by atoms with E-state index in [4.69, 9.17) is 42.6 Å². The number of fused-ring (bicyclic) bond motifs is 3. The fourth-order valence-electron chi connectivity index (χ4n) is 9.38. The Balaban J connectivity index is 0.000000231. The first-order valence-electron chi connectivity index (χ1n) is 35.7. The summed E-state index contributed by atoms with van der Waals surface area (Å²) in [5.41, 5.74) is 6.68. The number of allylic oxidation sites excluding steroid dienone is 1. The second-order valence-electron chi connectivity index (χ2n) is 25.4. The van der Waals surface area contributed by atoms with Gasteiger partial charge in [-0.15, -0.1) is 0 Å². The maximum atomic E-state index is 12.3. The summed E-state index contributed by atoms with van der Waals surface area (Å²) in [4.78, 5) is 92.4. The Labute approximate surface area is 648 Å². The highest BCUT2D eigenvalue weighted by atomic mass is 16.6. The molecule has 0 aliphatic rings. The lowest BCUT2D eigenvalue weighted by molar-refractivity contribution is -0.138. The van der Waals surface area contributed by atoms with Gasteiger partial charge in [0.05, 0.1) is 31.2 Å². The molecule has 0 N–H and O–H groups in total. The molecule has 0 aromatic heterocycles. The maximum absolute atomic E-state index is 12.3. The van der Waals surface area contributed by atoms with Gasteiger partial charge in [-0.25, -0.2) is 33.6 Å². The number of ketones is 1. The van der Waals surface area contributed by atoms with Gasteiger partial charge in [-0.3, -0.25) is 4.79 Å². The molecule has 111 heavy (non-hydrogen) atoms. The lowest BCUT2D eigenvalue weighted by atomic mass is 10.0. The Morgan fingerprint density at radius 2 is 0.649 bits per heavy atom. The zero-order valence-corrected chi connectivity index (χ0v) is 63.8. The van der Waals surface area contributed by atoms with Gasteiger partial charge in [-0.1, -0.05) is 152 Å². The highest BCUT2D eigenvalue weighted by Crippen LogP contribution is 2.32. The third-order valence-corrected chi connectivity index (χ3v) is 15.6. The number of hydrogen-bond donors (Lipinski definition) is 0. The molecule has 0 amide bonds. The molecule has 0 unspecified atom stereocenters. The summed E-state index contributed by atoms with van der Waals surface area (Å²) in [7, 11) is 0. The number of carbonyl (C=O) groups excluding carboxylic acids is 8. The van der Waals surface area contributed by atoms with Crippen molar-refractivity contribution in [3.8, 4) is 57.1 Å². The van der Waals surface area contributed by atoms with Crippen molar-refractivity contribution in [1.82, 2.24) is 0 Å². The van der Waals surface area contributed by atoms with Crippen LogP contribution in [0.3, 0.4) is 0 Å². The summed E-state index contributed by atoms with van der Waals surface area (Å²) in [6.45, 7) is 38.1. The van der Waals surface area contributed by atoms with Crippen molar-refractivity contribution < 1.29 is 81.0 Å². The number of benzene rings is 9. The smallest absolute Gasteiger partial charge is 0.338 e. The molecule has 0 heterocycles. The first-order chi connectivity index (χ1) is 53.2. The van der Waals surface area contributed by atoms with E-state index < -0.39 is 35.8 Å². The molecular formula is C92H92N2O17. The summed E-state index contributed by atoms with van der Waals surface area (Å²) in [6.07, 6.45) is 13.5. The summed E-state index contributed by atoms with van der Waals surface area (Å²) in [5.74, 6) is 0.806. The minimum Gasteiger partial charge on any atom is -0.494 e. The molecule has 0 aliphatic heterocycles.